The molecule has 0 radical (unpaired) electrons. The van der Waals surface area contributed by atoms with Gasteiger partial charge in [-0.05, 0) is 19.8 Å². The molecule has 1 spiro atoms. The second-order valence-corrected chi connectivity index (χ2v) is 6.51. The lowest BCUT2D eigenvalue weighted by atomic mass is 9.90. The zero-order valence-electron chi connectivity index (χ0n) is 11.0. The Balaban J connectivity index is 1.53. The summed E-state index contributed by atoms with van der Waals surface area (Å²) >= 11 is 1.66. The van der Waals surface area contributed by atoms with Crippen LogP contribution in [0.15, 0.2) is 0 Å². The molecule has 1 amide bonds. The summed E-state index contributed by atoms with van der Waals surface area (Å²) in [7, 11) is 0. The van der Waals surface area contributed by atoms with Gasteiger partial charge in [-0.1, -0.05) is 0 Å². The Morgan fingerprint density at radius 2 is 2.21 bits per heavy atom. The molecule has 0 saturated carbocycles. The van der Waals surface area contributed by atoms with Crippen molar-refractivity contribution < 1.29 is 9.53 Å². The lowest BCUT2D eigenvalue weighted by Crippen LogP contribution is -2.57. The van der Waals surface area contributed by atoms with Gasteiger partial charge in [0.15, 0.2) is 0 Å². The third-order valence-electron chi connectivity index (χ3n) is 3.81. The van der Waals surface area contributed by atoms with Gasteiger partial charge in [0.25, 0.3) is 0 Å². The molecule has 0 unspecified atom stereocenters. The number of nitrogens with zero attached hydrogens (tertiary/aromatic N) is 3. The molecule has 7 heteroatoms. The number of carbonyl (C=O) groups is 1. The van der Waals surface area contributed by atoms with Crippen molar-refractivity contribution in [1.82, 2.24) is 20.4 Å². The number of morpholine rings is 1. The fraction of sp³-hybridized carbons (Fsp3) is 0.750. The van der Waals surface area contributed by atoms with Crippen LogP contribution >= 0.6 is 11.3 Å². The summed E-state index contributed by atoms with van der Waals surface area (Å²) in [5.74, 6) is -0.00242. The SMILES string of the molecule is Cc1nnc(CN2CCC3(CC2)CNC(=O)CO3)s1. The van der Waals surface area contributed by atoms with Crippen molar-refractivity contribution in [1.29, 1.82) is 0 Å². The molecule has 19 heavy (non-hydrogen) atoms. The Bertz CT molecular complexity index is 456. The van der Waals surface area contributed by atoms with Crippen molar-refractivity contribution in [3.8, 4) is 0 Å². The highest BCUT2D eigenvalue weighted by atomic mass is 32.1. The summed E-state index contributed by atoms with van der Waals surface area (Å²) in [6, 6.07) is 0. The van der Waals surface area contributed by atoms with Crippen molar-refractivity contribution in [2.75, 3.05) is 26.2 Å². The minimum Gasteiger partial charge on any atom is -0.363 e. The van der Waals surface area contributed by atoms with E-state index in [4.69, 9.17) is 4.74 Å². The quantitative estimate of drug-likeness (QED) is 0.846. The molecule has 0 bridgehead atoms. The van der Waals surface area contributed by atoms with Crippen LogP contribution in [0.1, 0.15) is 22.9 Å². The monoisotopic (exact) mass is 282 g/mol. The lowest BCUT2D eigenvalue weighted by molar-refractivity contribution is -0.150. The first-order valence-electron chi connectivity index (χ1n) is 6.57. The zero-order valence-corrected chi connectivity index (χ0v) is 11.8. The van der Waals surface area contributed by atoms with E-state index in [9.17, 15) is 4.79 Å². The third kappa shape index (κ3) is 2.93. The van der Waals surface area contributed by atoms with E-state index in [0.29, 0.717) is 6.54 Å². The molecule has 0 aliphatic carbocycles. The summed E-state index contributed by atoms with van der Waals surface area (Å²) in [5.41, 5.74) is -0.137. The molecule has 3 rings (SSSR count). The molecule has 2 fully saturated rings. The highest BCUT2D eigenvalue weighted by Crippen LogP contribution is 2.28. The first-order chi connectivity index (χ1) is 9.15. The molecule has 104 valence electrons. The Kier molecular flexibility index (Phi) is 3.51. The molecule has 1 N–H and O–H groups in total. The van der Waals surface area contributed by atoms with E-state index >= 15 is 0 Å². The van der Waals surface area contributed by atoms with Gasteiger partial charge in [0.1, 0.15) is 16.6 Å². The van der Waals surface area contributed by atoms with Gasteiger partial charge in [0.2, 0.25) is 5.91 Å². The zero-order chi connectivity index (χ0) is 13.3. The van der Waals surface area contributed by atoms with Gasteiger partial charge in [-0.2, -0.15) is 0 Å². The van der Waals surface area contributed by atoms with Crippen molar-refractivity contribution in [3.05, 3.63) is 10.0 Å². The standard InChI is InChI=1S/C12H18N4O2S/c1-9-14-15-11(19-9)6-16-4-2-12(3-5-16)8-13-10(17)7-18-12/h2-8H2,1H3,(H,13,17). The Labute approximate surface area is 116 Å². The van der Waals surface area contributed by atoms with Crippen LogP contribution in [0.25, 0.3) is 0 Å². The number of nitrogens with one attached hydrogen (secondary N) is 1. The summed E-state index contributed by atoms with van der Waals surface area (Å²) in [5, 5.41) is 13.2. The van der Waals surface area contributed by atoms with Crippen LogP contribution in [0, 0.1) is 6.92 Å². The number of rotatable bonds is 2. The van der Waals surface area contributed by atoms with Crippen LogP contribution in [0.2, 0.25) is 0 Å². The summed E-state index contributed by atoms with van der Waals surface area (Å²) < 4.78 is 5.76. The van der Waals surface area contributed by atoms with E-state index in [-0.39, 0.29) is 18.1 Å². The fourth-order valence-corrected chi connectivity index (χ4v) is 3.36. The van der Waals surface area contributed by atoms with Gasteiger partial charge in [-0.25, -0.2) is 0 Å². The van der Waals surface area contributed by atoms with Crippen molar-refractivity contribution in [3.63, 3.8) is 0 Å². The molecular weight excluding hydrogens is 264 g/mol. The third-order valence-corrected chi connectivity index (χ3v) is 4.63. The maximum absolute atomic E-state index is 11.1. The van der Waals surface area contributed by atoms with E-state index in [1.807, 2.05) is 6.92 Å². The second kappa shape index (κ2) is 5.15. The van der Waals surface area contributed by atoms with Crippen LogP contribution in [0.4, 0.5) is 0 Å². The molecule has 2 aliphatic heterocycles. The molecule has 0 atom stereocenters. The fourth-order valence-electron chi connectivity index (χ4n) is 2.61. The highest BCUT2D eigenvalue weighted by Gasteiger charge is 2.38. The number of hydrogen-bond acceptors (Lipinski definition) is 6. The Morgan fingerprint density at radius 3 is 2.79 bits per heavy atom. The average Bonchev–Trinajstić information content (AvgIpc) is 2.82. The molecule has 0 aromatic carbocycles. The number of amides is 1. The number of likely N-dealkylation sites (tertiary alicyclic amines) is 1. The van der Waals surface area contributed by atoms with Crippen LogP contribution < -0.4 is 5.32 Å². The van der Waals surface area contributed by atoms with Gasteiger partial charge in [-0.3, -0.25) is 9.69 Å². The van der Waals surface area contributed by atoms with Crippen LogP contribution in [0.5, 0.6) is 0 Å². The summed E-state index contributed by atoms with van der Waals surface area (Å²) in [4.78, 5) is 13.5. The summed E-state index contributed by atoms with van der Waals surface area (Å²) in [6.45, 7) is 5.66. The average molecular weight is 282 g/mol. The van der Waals surface area contributed by atoms with E-state index in [1.54, 1.807) is 11.3 Å². The van der Waals surface area contributed by atoms with E-state index in [0.717, 1.165) is 42.5 Å². The van der Waals surface area contributed by atoms with Gasteiger partial charge < -0.3 is 10.1 Å². The first-order valence-corrected chi connectivity index (χ1v) is 7.39. The van der Waals surface area contributed by atoms with E-state index in [1.165, 1.54) is 0 Å². The number of hydrogen-bond donors (Lipinski definition) is 1. The van der Waals surface area contributed by atoms with Crippen molar-refractivity contribution >= 4 is 17.2 Å². The predicted molar refractivity (Wildman–Crippen MR) is 70.8 cm³/mol. The Hall–Kier alpha value is -1.05. The summed E-state index contributed by atoms with van der Waals surface area (Å²) in [6.07, 6.45) is 1.93. The number of piperidine rings is 1. The predicted octanol–water partition coefficient (Wildman–Crippen LogP) is 0.328. The molecular formula is C12H18N4O2S. The minimum absolute atomic E-state index is 0.00242. The van der Waals surface area contributed by atoms with Gasteiger partial charge >= 0.3 is 0 Å². The maximum atomic E-state index is 11.1. The maximum Gasteiger partial charge on any atom is 0.246 e. The van der Waals surface area contributed by atoms with Gasteiger partial charge in [0.05, 0.1) is 12.1 Å². The van der Waals surface area contributed by atoms with E-state index < -0.39 is 0 Å². The first kappa shape index (κ1) is 13.0. The van der Waals surface area contributed by atoms with Crippen LogP contribution in [-0.4, -0.2) is 52.8 Å². The van der Waals surface area contributed by atoms with Gasteiger partial charge in [0, 0.05) is 19.6 Å². The second-order valence-electron chi connectivity index (χ2n) is 5.24. The molecule has 6 nitrogen and oxygen atoms in total. The number of carbonyl (C=O) groups excluding carboxylic acids is 1. The molecule has 1 aromatic heterocycles. The lowest BCUT2D eigenvalue weighted by Gasteiger charge is -2.43. The number of aryl methyl sites for hydroxylation is 1. The largest absolute Gasteiger partial charge is 0.363 e. The van der Waals surface area contributed by atoms with Crippen LogP contribution in [-0.2, 0) is 16.1 Å². The smallest absolute Gasteiger partial charge is 0.246 e. The molecule has 2 aliphatic rings. The minimum atomic E-state index is -0.137. The topological polar surface area (TPSA) is 67.4 Å². The normalized spacial score (nSPS) is 23.5. The van der Waals surface area contributed by atoms with Crippen molar-refractivity contribution in [2.45, 2.75) is 31.9 Å². The number of ether oxygens (including phenoxy) is 1. The number of aromatic nitrogens is 2. The highest BCUT2D eigenvalue weighted by molar-refractivity contribution is 7.11. The van der Waals surface area contributed by atoms with Crippen molar-refractivity contribution in [2.24, 2.45) is 0 Å². The molecule has 2 saturated heterocycles. The van der Waals surface area contributed by atoms with E-state index in [2.05, 4.69) is 20.4 Å². The molecule has 1 aromatic rings. The van der Waals surface area contributed by atoms with Crippen LogP contribution in [0.3, 0.4) is 0 Å². The molecule has 3 heterocycles. The Morgan fingerprint density at radius 1 is 1.42 bits per heavy atom. The van der Waals surface area contributed by atoms with Gasteiger partial charge in [-0.15, -0.1) is 21.5 Å².